The van der Waals surface area contributed by atoms with Gasteiger partial charge < -0.3 is 4.74 Å². The number of alkyl halides is 3. The molecule has 0 aromatic heterocycles. The summed E-state index contributed by atoms with van der Waals surface area (Å²) in [6, 6.07) is 11.1. The Kier molecular flexibility index (Phi) is 4.52. The molecule has 1 aliphatic rings. The number of aryl methyl sites for hydroxylation is 1. The van der Waals surface area contributed by atoms with Crippen LogP contribution in [0.3, 0.4) is 0 Å². The molecule has 0 aliphatic carbocycles. The number of halogens is 4. The fraction of sp³-hybridized carbons (Fsp3) is 0.368. The third-order valence-corrected chi connectivity index (χ3v) is 4.56. The van der Waals surface area contributed by atoms with Crippen molar-refractivity contribution in [1.82, 2.24) is 0 Å². The van der Waals surface area contributed by atoms with Crippen LogP contribution in [0.4, 0.5) is 13.2 Å². The van der Waals surface area contributed by atoms with Gasteiger partial charge in [-0.2, -0.15) is 13.2 Å². The predicted octanol–water partition coefficient (Wildman–Crippen LogP) is 6.39. The van der Waals surface area contributed by atoms with Gasteiger partial charge in [-0.25, -0.2) is 0 Å². The standard InChI is InChI=1S/C19H18ClF3O/c1-11(2)17-15(12-3-7-14(20)8-4-12)9-5-13-6-10-16(19(21,22)23)24-18(13)17/h3-5,7-9,11,16H,6,10H2,1-2H3. The van der Waals surface area contributed by atoms with Crippen molar-refractivity contribution < 1.29 is 17.9 Å². The quantitative estimate of drug-likeness (QED) is 0.607. The third-order valence-electron chi connectivity index (χ3n) is 4.31. The molecule has 1 aliphatic heterocycles. The van der Waals surface area contributed by atoms with Crippen LogP contribution in [-0.4, -0.2) is 12.3 Å². The van der Waals surface area contributed by atoms with Gasteiger partial charge in [0.2, 0.25) is 0 Å². The highest BCUT2D eigenvalue weighted by Crippen LogP contribution is 2.44. The van der Waals surface area contributed by atoms with Crippen molar-refractivity contribution in [2.45, 2.75) is 44.9 Å². The minimum absolute atomic E-state index is 0.0334. The molecule has 0 saturated carbocycles. The van der Waals surface area contributed by atoms with Gasteiger partial charge in [0.1, 0.15) is 5.75 Å². The lowest BCUT2D eigenvalue weighted by molar-refractivity contribution is -0.199. The number of ether oxygens (including phenoxy) is 1. The van der Waals surface area contributed by atoms with Crippen molar-refractivity contribution in [3.8, 4) is 16.9 Å². The van der Waals surface area contributed by atoms with Gasteiger partial charge in [-0.15, -0.1) is 0 Å². The van der Waals surface area contributed by atoms with Gasteiger partial charge >= 0.3 is 6.18 Å². The maximum Gasteiger partial charge on any atom is 0.425 e. The Labute approximate surface area is 144 Å². The van der Waals surface area contributed by atoms with E-state index in [0.717, 1.165) is 22.3 Å². The first kappa shape index (κ1) is 17.2. The number of rotatable bonds is 2. The molecule has 0 spiro atoms. The summed E-state index contributed by atoms with van der Waals surface area (Å²) in [5, 5.41) is 0.621. The number of hydrogen-bond acceptors (Lipinski definition) is 1. The van der Waals surface area contributed by atoms with E-state index in [4.69, 9.17) is 16.3 Å². The summed E-state index contributed by atoms with van der Waals surface area (Å²) in [6.45, 7) is 3.94. The Bertz CT molecular complexity index is 736. The summed E-state index contributed by atoms with van der Waals surface area (Å²) >= 11 is 5.94. The molecule has 1 atom stereocenters. The number of benzene rings is 2. The van der Waals surface area contributed by atoms with Crippen LogP contribution >= 0.6 is 11.6 Å². The summed E-state index contributed by atoms with van der Waals surface area (Å²) < 4.78 is 44.7. The normalized spacial score (nSPS) is 17.5. The minimum Gasteiger partial charge on any atom is -0.480 e. The second-order valence-corrected chi connectivity index (χ2v) is 6.80. The monoisotopic (exact) mass is 354 g/mol. The average molecular weight is 355 g/mol. The second-order valence-electron chi connectivity index (χ2n) is 6.36. The Morgan fingerprint density at radius 2 is 1.75 bits per heavy atom. The molecule has 0 bridgehead atoms. The van der Waals surface area contributed by atoms with Gasteiger partial charge in [0, 0.05) is 10.6 Å². The van der Waals surface area contributed by atoms with Crippen LogP contribution in [0.15, 0.2) is 36.4 Å². The average Bonchev–Trinajstić information content (AvgIpc) is 2.53. The Morgan fingerprint density at radius 1 is 1.08 bits per heavy atom. The Hall–Kier alpha value is -1.68. The zero-order chi connectivity index (χ0) is 17.5. The second kappa shape index (κ2) is 6.32. The van der Waals surface area contributed by atoms with E-state index < -0.39 is 12.3 Å². The first-order chi connectivity index (χ1) is 11.3. The summed E-state index contributed by atoms with van der Waals surface area (Å²) in [6.07, 6.45) is -5.74. The fourth-order valence-electron chi connectivity index (χ4n) is 3.15. The van der Waals surface area contributed by atoms with E-state index in [1.807, 2.05) is 38.1 Å². The summed E-state index contributed by atoms with van der Waals surface area (Å²) in [5.41, 5.74) is 3.48. The molecule has 5 heteroatoms. The van der Waals surface area contributed by atoms with Crippen LogP contribution in [0, 0.1) is 0 Å². The van der Waals surface area contributed by atoms with E-state index >= 15 is 0 Å². The predicted molar refractivity (Wildman–Crippen MR) is 89.8 cm³/mol. The van der Waals surface area contributed by atoms with Crippen LogP contribution < -0.4 is 4.74 Å². The maximum absolute atomic E-state index is 13.1. The highest BCUT2D eigenvalue weighted by Gasteiger charge is 2.44. The number of fused-ring (bicyclic) bond motifs is 1. The molecule has 128 valence electrons. The highest BCUT2D eigenvalue weighted by atomic mass is 35.5. The lowest BCUT2D eigenvalue weighted by Crippen LogP contribution is -2.37. The van der Waals surface area contributed by atoms with Gasteiger partial charge in [0.15, 0.2) is 6.10 Å². The third kappa shape index (κ3) is 3.25. The zero-order valence-electron chi connectivity index (χ0n) is 13.5. The van der Waals surface area contributed by atoms with Crippen molar-refractivity contribution in [1.29, 1.82) is 0 Å². The molecule has 0 N–H and O–H groups in total. The summed E-state index contributed by atoms with van der Waals surface area (Å²) in [5.74, 6) is 0.434. The molecule has 0 amide bonds. The van der Waals surface area contributed by atoms with Crippen molar-refractivity contribution in [3.05, 3.63) is 52.5 Å². The maximum atomic E-state index is 13.1. The summed E-state index contributed by atoms with van der Waals surface area (Å²) in [4.78, 5) is 0. The van der Waals surface area contributed by atoms with Gasteiger partial charge in [0.25, 0.3) is 0 Å². The molecule has 1 heterocycles. The van der Waals surface area contributed by atoms with Crippen LogP contribution in [0.25, 0.3) is 11.1 Å². The lowest BCUT2D eigenvalue weighted by Gasteiger charge is -2.31. The lowest BCUT2D eigenvalue weighted by atomic mass is 9.87. The van der Waals surface area contributed by atoms with E-state index in [2.05, 4.69) is 0 Å². The molecule has 0 fully saturated rings. The zero-order valence-corrected chi connectivity index (χ0v) is 14.2. The minimum atomic E-state index is -4.35. The topological polar surface area (TPSA) is 9.23 Å². The molecule has 24 heavy (non-hydrogen) atoms. The SMILES string of the molecule is CC(C)c1c(-c2ccc(Cl)cc2)ccc2c1OC(C(F)(F)F)CC2. The molecule has 0 saturated heterocycles. The summed E-state index contributed by atoms with van der Waals surface area (Å²) in [7, 11) is 0. The molecular weight excluding hydrogens is 337 g/mol. The molecule has 3 rings (SSSR count). The molecule has 2 aromatic rings. The fourth-order valence-corrected chi connectivity index (χ4v) is 3.28. The molecule has 1 nitrogen and oxygen atoms in total. The van der Waals surface area contributed by atoms with Gasteiger partial charge in [0.05, 0.1) is 0 Å². The molecular formula is C19H18ClF3O. The first-order valence-corrected chi connectivity index (χ1v) is 8.30. The van der Waals surface area contributed by atoms with E-state index in [-0.39, 0.29) is 12.3 Å². The van der Waals surface area contributed by atoms with E-state index in [1.54, 1.807) is 12.1 Å². The van der Waals surface area contributed by atoms with Crippen LogP contribution in [0.1, 0.15) is 37.3 Å². The molecule has 2 aromatic carbocycles. The Balaban J connectivity index is 2.12. The van der Waals surface area contributed by atoms with Gasteiger partial charge in [-0.1, -0.05) is 49.7 Å². The van der Waals surface area contributed by atoms with Gasteiger partial charge in [-0.05, 0) is 47.6 Å². The van der Waals surface area contributed by atoms with Crippen molar-refractivity contribution in [2.75, 3.05) is 0 Å². The van der Waals surface area contributed by atoms with Crippen molar-refractivity contribution in [3.63, 3.8) is 0 Å². The van der Waals surface area contributed by atoms with E-state index in [9.17, 15) is 13.2 Å². The van der Waals surface area contributed by atoms with Crippen molar-refractivity contribution >= 4 is 11.6 Å². The number of hydrogen-bond donors (Lipinski definition) is 0. The first-order valence-electron chi connectivity index (χ1n) is 7.92. The highest BCUT2D eigenvalue weighted by molar-refractivity contribution is 6.30. The van der Waals surface area contributed by atoms with Crippen molar-refractivity contribution in [2.24, 2.45) is 0 Å². The van der Waals surface area contributed by atoms with E-state index in [0.29, 0.717) is 17.2 Å². The van der Waals surface area contributed by atoms with Gasteiger partial charge in [-0.3, -0.25) is 0 Å². The Morgan fingerprint density at radius 3 is 2.33 bits per heavy atom. The molecule has 0 radical (unpaired) electrons. The largest absolute Gasteiger partial charge is 0.480 e. The molecule has 1 unspecified atom stereocenters. The smallest absolute Gasteiger partial charge is 0.425 e. The van der Waals surface area contributed by atoms with Crippen LogP contribution in [0.5, 0.6) is 5.75 Å². The van der Waals surface area contributed by atoms with Crippen LogP contribution in [0.2, 0.25) is 5.02 Å². The van der Waals surface area contributed by atoms with Crippen LogP contribution in [-0.2, 0) is 6.42 Å². The van der Waals surface area contributed by atoms with E-state index in [1.165, 1.54) is 0 Å².